The van der Waals surface area contributed by atoms with Crippen molar-refractivity contribution in [3.05, 3.63) is 88.3 Å². The number of carbonyl (C=O) groups is 1. The van der Waals surface area contributed by atoms with Crippen LogP contribution in [0.15, 0.2) is 54.9 Å². The highest BCUT2D eigenvalue weighted by Gasteiger charge is 2.27. The Balaban J connectivity index is 1.34. The van der Waals surface area contributed by atoms with E-state index in [2.05, 4.69) is 45.1 Å². The van der Waals surface area contributed by atoms with Crippen LogP contribution in [0.25, 0.3) is 0 Å². The van der Waals surface area contributed by atoms with Gasteiger partial charge in [0.15, 0.2) is 5.84 Å². The molecule has 0 spiro atoms. The number of hydrogen-bond acceptors (Lipinski definition) is 6. The number of alkyl halides is 2. The molecule has 3 heterocycles. The number of rotatable bonds is 6. The molecule has 3 N–H and O–H groups in total. The summed E-state index contributed by atoms with van der Waals surface area (Å²) in [6.07, 6.45) is 1.96. The fourth-order valence-corrected chi connectivity index (χ4v) is 4.74. The van der Waals surface area contributed by atoms with E-state index in [0.717, 1.165) is 51.8 Å². The van der Waals surface area contributed by atoms with Gasteiger partial charge in [-0.3, -0.25) is 30.1 Å². The Morgan fingerprint density at radius 2 is 1.93 bits per heavy atom. The number of anilines is 1. The van der Waals surface area contributed by atoms with Crippen molar-refractivity contribution in [2.75, 3.05) is 38.5 Å². The first-order valence-electron chi connectivity index (χ1n) is 13.2. The Morgan fingerprint density at radius 1 is 1.15 bits per heavy atom. The van der Waals surface area contributed by atoms with Gasteiger partial charge in [-0.15, -0.1) is 0 Å². The van der Waals surface area contributed by atoms with Crippen LogP contribution in [0, 0.1) is 22.7 Å². The second-order valence-electron chi connectivity index (χ2n) is 10.2. The van der Waals surface area contributed by atoms with E-state index in [-0.39, 0.29) is 22.5 Å². The van der Waals surface area contributed by atoms with Crippen LogP contribution < -0.4 is 10.8 Å². The zero-order valence-electron chi connectivity index (χ0n) is 22.3. The molecule has 10 heteroatoms. The zero-order chi connectivity index (χ0) is 28.2. The number of nitrogens with one attached hydrogen (secondary N) is 3. The lowest BCUT2D eigenvalue weighted by molar-refractivity contribution is 0.102. The standard InChI is InChI=1S/C30H31F2N7O/c1-37-12-14-38(15-13-37)19-22-7-9-24(17-25(22)20-5-6-20)36-30(40)23-16-21(28(29(31)32)35-18-23)8-10-27(34)39-11-3-2-4-26(39)33/h2-4,7,9,11,16-18,20,29,33-34H,5-6,12-15,19H2,1H3,(H,36,40). The van der Waals surface area contributed by atoms with Gasteiger partial charge in [0.25, 0.3) is 12.3 Å². The van der Waals surface area contributed by atoms with Crippen molar-refractivity contribution in [3.8, 4) is 11.8 Å². The molecular formula is C30H31F2N7O. The zero-order valence-corrected chi connectivity index (χ0v) is 22.3. The van der Waals surface area contributed by atoms with E-state index in [1.807, 2.05) is 12.1 Å². The third-order valence-electron chi connectivity index (χ3n) is 7.21. The minimum atomic E-state index is -2.90. The van der Waals surface area contributed by atoms with Crippen LogP contribution in [-0.4, -0.2) is 64.3 Å². The van der Waals surface area contributed by atoms with E-state index in [1.165, 1.54) is 34.0 Å². The lowest BCUT2D eigenvalue weighted by atomic mass is 10.0. The first kappa shape index (κ1) is 27.4. The van der Waals surface area contributed by atoms with Crippen molar-refractivity contribution in [2.45, 2.75) is 31.7 Å². The molecule has 40 heavy (non-hydrogen) atoms. The van der Waals surface area contributed by atoms with E-state index < -0.39 is 18.0 Å². The molecule has 2 aromatic heterocycles. The van der Waals surface area contributed by atoms with Crippen molar-refractivity contribution in [1.29, 1.82) is 10.8 Å². The maximum absolute atomic E-state index is 13.6. The Labute approximate surface area is 231 Å². The van der Waals surface area contributed by atoms with E-state index >= 15 is 0 Å². The van der Waals surface area contributed by atoms with Gasteiger partial charge in [-0.25, -0.2) is 8.78 Å². The maximum Gasteiger partial charge on any atom is 0.281 e. The van der Waals surface area contributed by atoms with Gasteiger partial charge in [0.05, 0.1) is 11.1 Å². The van der Waals surface area contributed by atoms with Gasteiger partial charge in [-0.2, -0.15) is 0 Å². The molecular weight excluding hydrogens is 512 g/mol. The Bertz CT molecular complexity index is 1540. The fraction of sp³-hybridized carbons (Fsp3) is 0.333. The summed E-state index contributed by atoms with van der Waals surface area (Å²) in [6.45, 7) is 5.04. The third kappa shape index (κ3) is 6.50. The van der Waals surface area contributed by atoms with Crippen LogP contribution in [0.4, 0.5) is 14.5 Å². The fourth-order valence-electron chi connectivity index (χ4n) is 4.74. The highest BCUT2D eigenvalue weighted by atomic mass is 19.3. The van der Waals surface area contributed by atoms with E-state index in [4.69, 9.17) is 10.8 Å². The number of hydrogen-bond donors (Lipinski definition) is 3. The number of benzene rings is 1. The minimum absolute atomic E-state index is 0.0299. The first-order chi connectivity index (χ1) is 19.3. The number of carbonyl (C=O) groups excluding carboxylic acids is 1. The summed E-state index contributed by atoms with van der Waals surface area (Å²) in [5.74, 6) is 4.81. The molecule has 5 rings (SSSR count). The summed E-state index contributed by atoms with van der Waals surface area (Å²) >= 11 is 0. The van der Waals surface area contributed by atoms with Crippen molar-refractivity contribution in [3.63, 3.8) is 0 Å². The summed E-state index contributed by atoms with van der Waals surface area (Å²) in [5.41, 5.74) is 2.58. The second-order valence-corrected chi connectivity index (χ2v) is 10.2. The molecule has 2 aliphatic rings. The van der Waals surface area contributed by atoms with Gasteiger partial charge in [-0.1, -0.05) is 18.1 Å². The molecule has 1 saturated heterocycles. The number of halogens is 2. The molecule has 1 amide bonds. The lowest BCUT2D eigenvalue weighted by Crippen LogP contribution is -2.44. The summed E-state index contributed by atoms with van der Waals surface area (Å²) in [4.78, 5) is 21.7. The second kappa shape index (κ2) is 11.9. The Morgan fingerprint density at radius 3 is 2.62 bits per heavy atom. The van der Waals surface area contributed by atoms with Crippen LogP contribution in [0.5, 0.6) is 0 Å². The Kier molecular flexibility index (Phi) is 8.14. The SMILES string of the molecule is CN1CCN(Cc2ccc(NC(=O)c3cnc(C(F)F)c(C#CC(=N)n4ccccc4=N)c3)cc2C2CC2)CC1. The van der Waals surface area contributed by atoms with Gasteiger partial charge in [0.2, 0.25) is 0 Å². The smallest absolute Gasteiger partial charge is 0.281 e. The highest BCUT2D eigenvalue weighted by Crippen LogP contribution is 2.43. The van der Waals surface area contributed by atoms with Crippen molar-refractivity contribution < 1.29 is 13.6 Å². The quantitative estimate of drug-likeness (QED) is 0.248. The molecule has 0 bridgehead atoms. The predicted octanol–water partition coefficient (Wildman–Crippen LogP) is 4.05. The molecule has 1 aliphatic heterocycles. The number of amides is 1. The molecule has 0 unspecified atom stereocenters. The average Bonchev–Trinajstić information content (AvgIpc) is 3.79. The van der Waals surface area contributed by atoms with Crippen LogP contribution in [0.1, 0.15) is 57.9 Å². The van der Waals surface area contributed by atoms with Crippen LogP contribution in [-0.2, 0) is 6.54 Å². The average molecular weight is 544 g/mol. The molecule has 1 saturated carbocycles. The van der Waals surface area contributed by atoms with Gasteiger partial charge in [0, 0.05) is 50.8 Å². The third-order valence-corrected chi connectivity index (χ3v) is 7.21. The topological polar surface area (TPSA) is 101 Å². The number of pyridine rings is 2. The van der Waals surface area contributed by atoms with Gasteiger partial charge >= 0.3 is 0 Å². The normalized spacial score (nSPS) is 15.9. The summed E-state index contributed by atoms with van der Waals surface area (Å²) < 4.78 is 28.5. The predicted molar refractivity (Wildman–Crippen MR) is 149 cm³/mol. The van der Waals surface area contributed by atoms with Crippen LogP contribution in [0.3, 0.4) is 0 Å². The van der Waals surface area contributed by atoms with Gasteiger partial charge in [-0.05, 0) is 73.2 Å². The lowest BCUT2D eigenvalue weighted by Gasteiger charge is -2.32. The monoisotopic (exact) mass is 543 g/mol. The number of likely N-dealkylation sites (N-methyl/N-ethyl adjacent to an activating group) is 1. The molecule has 0 atom stereocenters. The molecule has 8 nitrogen and oxygen atoms in total. The highest BCUT2D eigenvalue weighted by molar-refractivity contribution is 6.04. The van der Waals surface area contributed by atoms with E-state index in [1.54, 1.807) is 12.1 Å². The van der Waals surface area contributed by atoms with E-state index in [9.17, 15) is 13.6 Å². The van der Waals surface area contributed by atoms with Crippen LogP contribution >= 0.6 is 0 Å². The Hall–Kier alpha value is -4.20. The molecule has 206 valence electrons. The number of piperazine rings is 1. The number of nitrogens with zero attached hydrogens (tertiary/aromatic N) is 4. The van der Waals surface area contributed by atoms with E-state index in [0.29, 0.717) is 11.6 Å². The van der Waals surface area contributed by atoms with Gasteiger partial charge in [0.1, 0.15) is 11.2 Å². The molecule has 1 aliphatic carbocycles. The van der Waals surface area contributed by atoms with Crippen molar-refractivity contribution in [1.82, 2.24) is 19.4 Å². The molecule has 0 radical (unpaired) electrons. The summed E-state index contributed by atoms with van der Waals surface area (Å²) in [6, 6.07) is 12.0. The number of aromatic nitrogens is 2. The van der Waals surface area contributed by atoms with Crippen molar-refractivity contribution in [2.24, 2.45) is 0 Å². The largest absolute Gasteiger partial charge is 0.322 e. The van der Waals surface area contributed by atoms with Gasteiger partial charge < -0.3 is 10.2 Å². The molecule has 1 aromatic carbocycles. The maximum atomic E-state index is 13.6. The molecule has 3 aromatic rings. The summed E-state index contributed by atoms with van der Waals surface area (Å²) in [7, 11) is 2.14. The minimum Gasteiger partial charge on any atom is -0.322 e. The summed E-state index contributed by atoms with van der Waals surface area (Å²) in [5, 5.41) is 18.9. The van der Waals surface area contributed by atoms with Crippen molar-refractivity contribution >= 4 is 17.4 Å². The molecule has 2 fully saturated rings. The van der Waals surface area contributed by atoms with Crippen LogP contribution in [0.2, 0.25) is 0 Å². The first-order valence-corrected chi connectivity index (χ1v) is 13.2.